The first-order chi connectivity index (χ1) is 8.15. The maximum Gasteiger partial charge on any atom is 0.304 e. The quantitative estimate of drug-likeness (QED) is 0.895. The highest BCUT2D eigenvalue weighted by Crippen LogP contribution is 2.23. The maximum absolute atomic E-state index is 10.8. The van der Waals surface area contributed by atoms with Crippen molar-refractivity contribution in [1.82, 2.24) is 9.88 Å². The van der Waals surface area contributed by atoms with Crippen molar-refractivity contribution in [3.8, 4) is 0 Å². The second-order valence-electron chi connectivity index (χ2n) is 4.56. The van der Waals surface area contributed by atoms with Gasteiger partial charge in [-0.3, -0.25) is 9.69 Å². The van der Waals surface area contributed by atoms with E-state index in [9.17, 15) is 4.79 Å². The summed E-state index contributed by atoms with van der Waals surface area (Å²) < 4.78 is 0. The molecule has 2 heterocycles. The molecule has 0 amide bonds. The Bertz CT molecular complexity index is 392. The van der Waals surface area contributed by atoms with Crippen molar-refractivity contribution in [3.63, 3.8) is 0 Å². The molecule has 1 unspecified atom stereocenters. The number of likely N-dealkylation sites (tertiary alicyclic amines) is 1. The van der Waals surface area contributed by atoms with E-state index in [2.05, 4.69) is 9.88 Å². The lowest BCUT2D eigenvalue weighted by molar-refractivity contribution is -0.138. The number of carboxylic acids is 1. The molecule has 17 heavy (non-hydrogen) atoms. The van der Waals surface area contributed by atoms with Gasteiger partial charge in [-0.25, -0.2) is 4.98 Å². The Morgan fingerprint density at radius 2 is 2.47 bits per heavy atom. The third-order valence-electron chi connectivity index (χ3n) is 3.19. The Morgan fingerprint density at radius 1 is 1.65 bits per heavy atom. The number of aryl methyl sites for hydroxylation is 1. The highest BCUT2D eigenvalue weighted by atomic mass is 32.1. The van der Waals surface area contributed by atoms with Crippen molar-refractivity contribution in [2.24, 2.45) is 0 Å². The summed E-state index contributed by atoms with van der Waals surface area (Å²) in [6, 6.07) is 0.198. The first kappa shape index (κ1) is 12.5. The van der Waals surface area contributed by atoms with E-state index in [-0.39, 0.29) is 12.5 Å². The van der Waals surface area contributed by atoms with Crippen LogP contribution in [0, 0.1) is 6.92 Å². The van der Waals surface area contributed by atoms with Gasteiger partial charge in [0.25, 0.3) is 0 Å². The summed E-state index contributed by atoms with van der Waals surface area (Å²) in [7, 11) is 0. The SMILES string of the molecule is Cc1ncc(CN2CCCCC2CC(=O)O)s1. The van der Waals surface area contributed by atoms with Crippen LogP contribution in [0.5, 0.6) is 0 Å². The normalized spacial score (nSPS) is 21.6. The second kappa shape index (κ2) is 5.60. The van der Waals surface area contributed by atoms with Crippen LogP contribution in [0.3, 0.4) is 0 Å². The molecule has 4 nitrogen and oxygen atoms in total. The molecule has 1 atom stereocenters. The average Bonchev–Trinajstić information content (AvgIpc) is 2.66. The Hall–Kier alpha value is -0.940. The van der Waals surface area contributed by atoms with E-state index < -0.39 is 5.97 Å². The van der Waals surface area contributed by atoms with Crippen molar-refractivity contribution < 1.29 is 9.90 Å². The zero-order chi connectivity index (χ0) is 12.3. The number of carboxylic acid groups (broad SMARTS) is 1. The van der Waals surface area contributed by atoms with Crippen LogP contribution in [0.2, 0.25) is 0 Å². The smallest absolute Gasteiger partial charge is 0.304 e. The zero-order valence-electron chi connectivity index (χ0n) is 10.1. The Kier molecular flexibility index (Phi) is 4.12. The monoisotopic (exact) mass is 254 g/mol. The van der Waals surface area contributed by atoms with Crippen LogP contribution in [0.4, 0.5) is 0 Å². The fourth-order valence-electron chi connectivity index (χ4n) is 2.38. The standard InChI is InChI=1S/C12H18N2O2S/c1-9-13-7-11(17-9)8-14-5-3-2-4-10(14)6-12(15)16/h7,10H,2-6,8H2,1H3,(H,15,16). The Balaban J connectivity index is 1.98. The highest BCUT2D eigenvalue weighted by Gasteiger charge is 2.24. The van der Waals surface area contributed by atoms with Crippen LogP contribution in [0.1, 0.15) is 35.6 Å². The van der Waals surface area contributed by atoms with Crippen molar-refractivity contribution in [2.45, 2.75) is 45.2 Å². The summed E-state index contributed by atoms with van der Waals surface area (Å²) in [5.74, 6) is -0.692. The molecule has 0 bridgehead atoms. The summed E-state index contributed by atoms with van der Waals surface area (Å²) >= 11 is 1.70. The van der Waals surface area contributed by atoms with Gasteiger partial charge in [0.05, 0.1) is 11.4 Å². The van der Waals surface area contributed by atoms with E-state index in [4.69, 9.17) is 5.11 Å². The minimum Gasteiger partial charge on any atom is -0.481 e. The summed E-state index contributed by atoms with van der Waals surface area (Å²) in [4.78, 5) is 18.6. The Morgan fingerprint density at radius 3 is 3.12 bits per heavy atom. The van der Waals surface area contributed by atoms with Crippen molar-refractivity contribution in [1.29, 1.82) is 0 Å². The van der Waals surface area contributed by atoms with Gasteiger partial charge < -0.3 is 5.11 Å². The van der Waals surface area contributed by atoms with E-state index in [0.717, 1.165) is 30.9 Å². The number of nitrogens with zero attached hydrogens (tertiary/aromatic N) is 2. The molecule has 1 aromatic rings. The molecule has 0 radical (unpaired) electrons. The third-order valence-corrected chi connectivity index (χ3v) is 4.08. The van der Waals surface area contributed by atoms with Crippen LogP contribution in [-0.2, 0) is 11.3 Å². The Labute approximate surface area is 105 Å². The molecule has 0 aliphatic carbocycles. The van der Waals surface area contributed by atoms with Crippen LogP contribution in [0.15, 0.2) is 6.20 Å². The first-order valence-electron chi connectivity index (χ1n) is 6.02. The summed E-state index contributed by atoms with van der Waals surface area (Å²) in [6.45, 7) is 3.86. The van der Waals surface area contributed by atoms with Crippen LogP contribution < -0.4 is 0 Å². The van der Waals surface area contributed by atoms with Gasteiger partial charge in [-0.2, -0.15) is 0 Å². The number of carbonyl (C=O) groups is 1. The largest absolute Gasteiger partial charge is 0.481 e. The third kappa shape index (κ3) is 3.51. The number of hydrogen-bond donors (Lipinski definition) is 1. The molecule has 1 aliphatic rings. The molecule has 0 spiro atoms. The van der Waals surface area contributed by atoms with E-state index in [1.807, 2.05) is 13.1 Å². The molecule has 1 aromatic heterocycles. The van der Waals surface area contributed by atoms with Gasteiger partial charge in [0, 0.05) is 23.7 Å². The zero-order valence-corrected chi connectivity index (χ0v) is 10.9. The predicted molar refractivity (Wildman–Crippen MR) is 67.2 cm³/mol. The fourth-order valence-corrected chi connectivity index (χ4v) is 3.20. The van der Waals surface area contributed by atoms with Crippen molar-refractivity contribution in [3.05, 3.63) is 16.1 Å². The van der Waals surface area contributed by atoms with Gasteiger partial charge in [-0.05, 0) is 26.3 Å². The molecular formula is C12H18N2O2S. The molecular weight excluding hydrogens is 236 g/mol. The number of rotatable bonds is 4. The average molecular weight is 254 g/mol. The highest BCUT2D eigenvalue weighted by molar-refractivity contribution is 7.11. The summed E-state index contributed by atoms with van der Waals surface area (Å²) in [5, 5.41) is 9.99. The molecule has 0 aromatic carbocycles. The van der Waals surface area contributed by atoms with Gasteiger partial charge in [0.1, 0.15) is 0 Å². The lowest BCUT2D eigenvalue weighted by Crippen LogP contribution is -2.40. The number of piperidine rings is 1. The summed E-state index contributed by atoms with van der Waals surface area (Å²) in [6.07, 6.45) is 5.50. The van der Waals surface area contributed by atoms with E-state index >= 15 is 0 Å². The van der Waals surface area contributed by atoms with E-state index in [1.165, 1.54) is 11.3 Å². The topological polar surface area (TPSA) is 53.4 Å². The molecule has 5 heteroatoms. The second-order valence-corrected chi connectivity index (χ2v) is 5.88. The number of thiazole rings is 1. The number of aromatic nitrogens is 1. The molecule has 1 aliphatic heterocycles. The lowest BCUT2D eigenvalue weighted by Gasteiger charge is -2.34. The molecule has 94 valence electrons. The fraction of sp³-hybridized carbons (Fsp3) is 0.667. The van der Waals surface area contributed by atoms with E-state index in [1.54, 1.807) is 11.3 Å². The van der Waals surface area contributed by atoms with Gasteiger partial charge in [0.2, 0.25) is 0 Å². The molecule has 1 N–H and O–H groups in total. The number of hydrogen-bond acceptors (Lipinski definition) is 4. The summed E-state index contributed by atoms with van der Waals surface area (Å²) in [5.41, 5.74) is 0. The lowest BCUT2D eigenvalue weighted by atomic mass is 9.99. The van der Waals surface area contributed by atoms with Gasteiger partial charge >= 0.3 is 5.97 Å². The maximum atomic E-state index is 10.8. The minimum atomic E-state index is -0.692. The minimum absolute atomic E-state index is 0.198. The van der Waals surface area contributed by atoms with Crippen LogP contribution in [-0.4, -0.2) is 33.5 Å². The van der Waals surface area contributed by atoms with Gasteiger partial charge in [-0.1, -0.05) is 6.42 Å². The van der Waals surface area contributed by atoms with Gasteiger partial charge in [0.15, 0.2) is 0 Å². The molecule has 2 rings (SSSR count). The van der Waals surface area contributed by atoms with Gasteiger partial charge in [-0.15, -0.1) is 11.3 Å². The molecule has 0 saturated carbocycles. The molecule has 1 fully saturated rings. The first-order valence-corrected chi connectivity index (χ1v) is 6.84. The van der Waals surface area contributed by atoms with Crippen LogP contribution in [0.25, 0.3) is 0 Å². The molecule has 1 saturated heterocycles. The van der Waals surface area contributed by atoms with Crippen molar-refractivity contribution in [2.75, 3.05) is 6.54 Å². The predicted octanol–water partition coefficient (Wildman–Crippen LogP) is 2.28. The number of aliphatic carboxylic acids is 1. The van der Waals surface area contributed by atoms with Crippen molar-refractivity contribution >= 4 is 17.3 Å². The van der Waals surface area contributed by atoms with Crippen LogP contribution >= 0.6 is 11.3 Å². The van der Waals surface area contributed by atoms with E-state index in [0.29, 0.717) is 0 Å².